The molecule has 1 aromatic carbocycles. The summed E-state index contributed by atoms with van der Waals surface area (Å²) in [4.78, 5) is 11.8. The predicted octanol–water partition coefficient (Wildman–Crippen LogP) is 2.00. The maximum Gasteiger partial charge on any atom is 0.254 e. The number of benzene rings is 1. The maximum absolute atomic E-state index is 13.4. The molecule has 98 valence electrons. The highest BCUT2D eigenvalue weighted by Crippen LogP contribution is 2.19. The third-order valence-corrected chi connectivity index (χ3v) is 3.16. The Kier molecular flexibility index (Phi) is 3.91. The van der Waals surface area contributed by atoms with Crippen LogP contribution in [0.15, 0.2) is 18.2 Å². The lowest BCUT2D eigenvalue weighted by atomic mass is 9.93. The molecule has 18 heavy (non-hydrogen) atoms. The Hall–Kier alpha value is -1.49. The second-order valence-electron chi connectivity index (χ2n) is 4.61. The Morgan fingerprint density at radius 3 is 2.78 bits per heavy atom. The van der Waals surface area contributed by atoms with E-state index >= 15 is 0 Å². The number of carbonyl (C=O) groups is 1. The van der Waals surface area contributed by atoms with E-state index in [-0.39, 0.29) is 11.6 Å². The fourth-order valence-electron chi connectivity index (χ4n) is 2.23. The quantitative estimate of drug-likeness (QED) is 0.849. The van der Waals surface area contributed by atoms with E-state index in [4.69, 9.17) is 0 Å². The number of aliphatic hydroxyl groups excluding tert-OH is 1. The fourth-order valence-corrected chi connectivity index (χ4v) is 2.23. The van der Waals surface area contributed by atoms with Gasteiger partial charge in [0, 0.05) is 12.1 Å². The standard InChI is InChI=1S/C13H15F2NO2/c14-8-4-5-11(12(15)6-8)13(18)16-9-2-1-3-10(17)7-9/h4-6,9-10,17H,1-3,7H2,(H,16,18). The molecule has 2 rings (SSSR count). The topological polar surface area (TPSA) is 49.3 Å². The van der Waals surface area contributed by atoms with E-state index in [1.807, 2.05) is 0 Å². The number of nitrogens with one attached hydrogen (secondary N) is 1. The van der Waals surface area contributed by atoms with Crippen LogP contribution in [0.3, 0.4) is 0 Å². The summed E-state index contributed by atoms with van der Waals surface area (Å²) < 4.78 is 26.1. The lowest BCUT2D eigenvalue weighted by Crippen LogP contribution is -2.40. The number of aliphatic hydroxyl groups is 1. The van der Waals surface area contributed by atoms with Crippen LogP contribution in [0.1, 0.15) is 36.0 Å². The van der Waals surface area contributed by atoms with Gasteiger partial charge in [-0.05, 0) is 37.8 Å². The van der Waals surface area contributed by atoms with Gasteiger partial charge in [0.25, 0.3) is 5.91 Å². The van der Waals surface area contributed by atoms with Crippen LogP contribution in [-0.2, 0) is 0 Å². The average molecular weight is 255 g/mol. The molecule has 0 aliphatic heterocycles. The molecule has 0 aromatic heterocycles. The van der Waals surface area contributed by atoms with Gasteiger partial charge in [0.2, 0.25) is 0 Å². The minimum absolute atomic E-state index is 0.147. The zero-order chi connectivity index (χ0) is 13.1. The first-order valence-electron chi connectivity index (χ1n) is 6.00. The van der Waals surface area contributed by atoms with Crippen molar-refractivity contribution < 1.29 is 18.7 Å². The summed E-state index contributed by atoms with van der Waals surface area (Å²) in [5.41, 5.74) is -0.170. The molecule has 0 bridgehead atoms. The Morgan fingerprint density at radius 2 is 2.11 bits per heavy atom. The largest absolute Gasteiger partial charge is 0.393 e. The third kappa shape index (κ3) is 3.04. The molecule has 0 saturated heterocycles. The van der Waals surface area contributed by atoms with Crippen molar-refractivity contribution in [2.75, 3.05) is 0 Å². The Labute approximate surface area is 104 Å². The van der Waals surface area contributed by atoms with Crippen molar-refractivity contribution in [3.8, 4) is 0 Å². The number of hydrogen-bond donors (Lipinski definition) is 2. The average Bonchev–Trinajstić information content (AvgIpc) is 2.28. The highest BCUT2D eigenvalue weighted by molar-refractivity contribution is 5.94. The monoisotopic (exact) mass is 255 g/mol. The summed E-state index contributed by atoms with van der Waals surface area (Å²) in [5.74, 6) is -2.15. The van der Waals surface area contributed by atoms with Gasteiger partial charge in [-0.25, -0.2) is 8.78 Å². The van der Waals surface area contributed by atoms with Crippen LogP contribution in [-0.4, -0.2) is 23.2 Å². The van der Waals surface area contributed by atoms with Crippen LogP contribution < -0.4 is 5.32 Å². The SMILES string of the molecule is O=C(NC1CCCC(O)C1)c1ccc(F)cc1F. The molecule has 2 unspecified atom stereocenters. The Morgan fingerprint density at radius 1 is 1.33 bits per heavy atom. The van der Waals surface area contributed by atoms with Crippen molar-refractivity contribution in [1.29, 1.82) is 0 Å². The second-order valence-corrected chi connectivity index (χ2v) is 4.61. The van der Waals surface area contributed by atoms with E-state index < -0.39 is 23.6 Å². The van der Waals surface area contributed by atoms with Crippen molar-refractivity contribution in [3.63, 3.8) is 0 Å². The molecule has 1 fully saturated rings. The molecule has 1 aliphatic carbocycles. The molecular formula is C13H15F2NO2. The highest BCUT2D eigenvalue weighted by Gasteiger charge is 2.23. The van der Waals surface area contributed by atoms with Gasteiger partial charge in [0.15, 0.2) is 0 Å². The molecule has 1 amide bonds. The first kappa shape index (κ1) is 13.0. The minimum Gasteiger partial charge on any atom is -0.393 e. The highest BCUT2D eigenvalue weighted by atomic mass is 19.1. The first-order chi connectivity index (χ1) is 8.56. The summed E-state index contributed by atoms with van der Waals surface area (Å²) in [6, 6.07) is 2.71. The van der Waals surface area contributed by atoms with E-state index in [9.17, 15) is 18.7 Å². The Balaban J connectivity index is 2.03. The lowest BCUT2D eigenvalue weighted by Gasteiger charge is -2.26. The van der Waals surface area contributed by atoms with Crippen molar-refractivity contribution in [1.82, 2.24) is 5.32 Å². The number of rotatable bonds is 2. The van der Waals surface area contributed by atoms with Gasteiger partial charge in [-0.1, -0.05) is 0 Å². The normalized spacial score (nSPS) is 23.7. The summed E-state index contributed by atoms with van der Waals surface area (Å²) in [5, 5.41) is 12.1. The second kappa shape index (κ2) is 5.44. The van der Waals surface area contributed by atoms with Crippen molar-refractivity contribution in [2.24, 2.45) is 0 Å². The molecule has 2 atom stereocenters. The molecule has 1 aromatic rings. The zero-order valence-corrected chi connectivity index (χ0v) is 9.83. The van der Waals surface area contributed by atoms with E-state index in [1.54, 1.807) is 0 Å². The van der Waals surface area contributed by atoms with Gasteiger partial charge in [-0.2, -0.15) is 0 Å². The molecule has 2 N–H and O–H groups in total. The van der Waals surface area contributed by atoms with E-state index in [1.165, 1.54) is 0 Å². The summed E-state index contributed by atoms with van der Waals surface area (Å²) >= 11 is 0. The van der Waals surface area contributed by atoms with Gasteiger partial charge < -0.3 is 10.4 Å². The van der Waals surface area contributed by atoms with Crippen molar-refractivity contribution in [3.05, 3.63) is 35.4 Å². The molecule has 0 heterocycles. The van der Waals surface area contributed by atoms with Gasteiger partial charge in [0.1, 0.15) is 11.6 Å². The minimum atomic E-state index is -0.871. The van der Waals surface area contributed by atoms with Crippen molar-refractivity contribution >= 4 is 5.91 Å². The van der Waals surface area contributed by atoms with Crippen LogP contribution >= 0.6 is 0 Å². The van der Waals surface area contributed by atoms with Gasteiger partial charge in [0.05, 0.1) is 11.7 Å². The predicted molar refractivity (Wildman–Crippen MR) is 62.1 cm³/mol. The summed E-state index contributed by atoms with van der Waals surface area (Å²) in [7, 11) is 0. The third-order valence-electron chi connectivity index (χ3n) is 3.16. The van der Waals surface area contributed by atoms with E-state index in [0.29, 0.717) is 12.5 Å². The van der Waals surface area contributed by atoms with Gasteiger partial charge in [-0.15, -0.1) is 0 Å². The maximum atomic E-state index is 13.4. The summed E-state index contributed by atoms with van der Waals surface area (Å²) in [6.07, 6.45) is 2.40. The molecular weight excluding hydrogens is 240 g/mol. The smallest absolute Gasteiger partial charge is 0.254 e. The van der Waals surface area contributed by atoms with Crippen LogP contribution in [0, 0.1) is 11.6 Å². The molecule has 5 heteroatoms. The number of hydrogen-bond acceptors (Lipinski definition) is 2. The molecule has 0 spiro atoms. The lowest BCUT2D eigenvalue weighted by molar-refractivity contribution is 0.0846. The molecule has 0 radical (unpaired) electrons. The number of amides is 1. The van der Waals surface area contributed by atoms with Crippen LogP contribution in [0.4, 0.5) is 8.78 Å². The van der Waals surface area contributed by atoms with E-state index in [2.05, 4.69) is 5.32 Å². The van der Waals surface area contributed by atoms with Crippen LogP contribution in [0.2, 0.25) is 0 Å². The zero-order valence-electron chi connectivity index (χ0n) is 9.83. The number of halogens is 2. The van der Waals surface area contributed by atoms with Crippen molar-refractivity contribution in [2.45, 2.75) is 37.8 Å². The van der Waals surface area contributed by atoms with Crippen LogP contribution in [0.25, 0.3) is 0 Å². The Bertz CT molecular complexity index is 451. The van der Waals surface area contributed by atoms with Crippen LogP contribution in [0.5, 0.6) is 0 Å². The van der Waals surface area contributed by atoms with Gasteiger partial charge in [-0.3, -0.25) is 4.79 Å². The van der Waals surface area contributed by atoms with Gasteiger partial charge >= 0.3 is 0 Å². The molecule has 1 aliphatic rings. The van der Waals surface area contributed by atoms with E-state index in [0.717, 1.165) is 31.4 Å². The molecule has 3 nitrogen and oxygen atoms in total. The summed E-state index contributed by atoms with van der Waals surface area (Å²) in [6.45, 7) is 0. The molecule has 1 saturated carbocycles. The fraction of sp³-hybridized carbons (Fsp3) is 0.462. The number of carbonyl (C=O) groups excluding carboxylic acids is 1. The first-order valence-corrected chi connectivity index (χ1v) is 6.00.